The Labute approximate surface area is 201 Å². The summed E-state index contributed by atoms with van der Waals surface area (Å²) in [7, 11) is -1.98. The predicted octanol–water partition coefficient (Wildman–Crippen LogP) is 3.75. The van der Waals surface area contributed by atoms with Crippen molar-refractivity contribution < 1.29 is 18.0 Å². The number of hydrogen-bond acceptors (Lipinski definition) is 4. The van der Waals surface area contributed by atoms with Crippen molar-refractivity contribution in [3.63, 3.8) is 0 Å². The Morgan fingerprint density at radius 2 is 1.82 bits per heavy atom. The van der Waals surface area contributed by atoms with Crippen LogP contribution in [0.1, 0.15) is 37.3 Å². The number of anilines is 1. The molecule has 1 atom stereocenters. The summed E-state index contributed by atoms with van der Waals surface area (Å²) in [4.78, 5) is 27.2. The second-order valence-corrected chi connectivity index (χ2v) is 10.2. The monoisotopic (exact) mass is 493 g/mol. The molecule has 2 amide bonds. The highest BCUT2D eigenvalue weighted by Crippen LogP contribution is 2.22. The number of nitrogens with one attached hydrogen (secondary N) is 1. The molecule has 0 aliphatic carbocycles. The van der Waals surface area contributed by atoms with Crippen molar-refractivity contribution in [3.05, 3.63) is 64.7 Å². The summed E-state index contributed by atoms with van der Waals surface area (Å²) in [5.74, 6) is -0.488. The van der Waals surface area contributed by atoms with Crippen molar-refractivity contribution in [3.8, 4) is 0 Å². The first kappa shape index (κ1) is 26.7. The number of carbonyl (C=O) groups is 2. The average Bonchev–Trinajstić information content (AvgIpc) is 2.76. The minimum atomic E-state index is -3.52. The molecule has 180 valence electrons. The summed E-state index contributed by atoms with van der Waals surface area (Å²) in [5, 5.41) is 3.14. The number of carbonyl (C=O) groups excluding carboxylic acids is 2. The lowest BCUT2D eigenvalue weighted by Crippen LogP contribution is -2.48. The average molecular weight is 494 g/mol. The van der Waals surface area contributed by atoms with Crippen LogP contribution < -0.4 is 9.62 Å². The van der Waals surface area contributed by atoms with Gasteiger partial charge in [-0.05, 0) is 49.1 Å². The maximum absolute atomic E-state index is 13.2. The van der Waals surface area contributed by atoms with Gasteiger partial charge in [0.25, 0.3) is 0 Å². The maximum Gasteiger partial charge on any atom is 0.242 e. The van der Waals surface area contributed by atoms with Crippen LogP contribution in [0.4, 0.5) is 5.69 Å². The van der Waals surface area contributed by atoms with Gasteiger partial charge in [0.1, 0.15) is 6.04 Å². The maximum atomic E-state index is 13.2. The van der Waals surface area contributed by atoms with E-state index in [1.165, 1.54) is 16.3 Å². The molecule has 0 aliphatic heterocycles. The fourth-order valence-corrected chi connectivity index (χ4v) is 4.84. The molecule has 0 fully saturated rings. The fourth-order valence-electron chi connectivity index (χ4n) is 3.68. The normalized spacial score (nSPS) is 12.2. The van der Waals surface area contributed by atoms with Crippen LogP contribution in [0.15, 0.2) is 48.5 Å². The van der Waals surface area contributed by atoms with E-state index in [4.69, 9.17) is 11.6 Å². The smallest absolute Gasteiger partial charge is 0.242 e. The Bertz CT molecular complexity index is 1070. The zero-order chi connectivity index (χ0) is 24.6. The quantitative estimate of drug-likeness (QED) is 0.516. The molecule has 0 saturated carbocycles. The molecule has 0 aromatic heterocycles. The molecule has 0 aliphatic rings. The lowest BCUT2D eigenvalue weighted by molar-refractivity contribution is -0.141. The zero-order valence-electron chi connectivity index (χ0n) is 19.5. The molecule has 0 saturated heterocycles. The second-order valence-electron chi connectivity index (χ2n) is 7.93. The van der Waals surface area contributed by atoms with Gasteiger partial charge in [-0.1, -0.05) is 48.9 Å². The molecule has 33 heavy (non-hydrogen) atoms. The van der Waals surface area contributed by atoms with E-state index in [1.807, 2.05) is 32.0 Å². The molecule has 1 N–H and O–H groups in total. The summed E-state index contributed by atoms with van der Waals surface area (Å²) < 4.78 is 26.1. The van der Waals surface area contributed by atoms with Crippen LogP contribution in [0, 0.1) is 6.92 Å². The van der Waals surface area contributed by atoms with Crippen LogP contribution in [0.3, 0.4) is 0 Å². The van der Waals surface area contributed by atoms with E-state index in [0.717, 1.165) is 17.4 Å². The Hall–Kier alpha value is -2.58. The minimum Gasteiger partial charge on any atom is -0.357 e. The standard InChI is InChI=1S/C24H32ClN3O4S/c1-5-22(24(30)26-3)27(17-19-11-6-7-13-21(19)25)23(29)14-9-15-28(33(4,31)32)20-12-8-10-18(2)16-20/h6-8,10-13,16,22H,5,9,14-15,17H2,1-4H3,(H,26,30)/t22-/m0/s1. The molecule has 0 bridgehead atoms. The Balaban J connectivity index is 2.20. The Morgan fingerprint density at radius 3 is 2.39 bits per heavy atom. The van der Waals surface area contributed by atoms with Crippen LogP contribution in [0.5, 0.6) is 0 Å². The lowest BCUT2D eigenvalue weighted by Gasteiger charge is -2.31. The van der Waals surface area contributed by atoms with Crippen LogP contribution >= 0.6 is 11.6 Å². The molecule has 2 aromatic carbocycles. The van der Waals surface area contributed by atoms with E-state index in [0.29, 0.717) is 23.6 Å². The largest absolute Gasteiger partial charge is 0.357 e. The number of halogens is 1. The number of sulfonamides is 1. The van der Waals surface area contributed by atoms with Crippen molar-refractivity contribution in [1.29, 1.82) is 0 Å². The third-order valence-corrected chi connectivity index (χ3v) is 6.94. The van der Waals surface area contributed by atoms with Gasteiger partial charge in [0.2, 0.25) is 21.8 Å². The molecule has 0 radical (unpaired) electrons. The number of rotatable bonds is 11. The van der Waals surface area contributed by atoms with Gasteiger partial charge in [-0.3, -0.25) is 13.9 Å². The predicted molar refractivity (Wildman–Crippen MR) is 133 cm³/mol. The molecule has 0 spiro atoms. The first-order valence-electron chi connectivity index (χ1n) is 10.9. The number of nitrogens with zero attached hydrogens (tertiary/aromatic N) is 2. The first-order chi connectivity index (χ1) is 15.6. The summed E-state index contributed by atoms with van der Waals surface area (Å²) >= 11 is 6.30. The fraction of sp³-hybridized carbons (Fsp3) is 0.417. The van der Waals surface area contributed by atoms with Crippen LogP contribution in [0.25, 0.3) is 0 Å². The summed E-state index contributed by atoms with van der Waals surface area (Å²) in [6, 6.07) is 13.8. The summed E-state index contributed by atoms with van der Waals surface area (Å²) in [5.41, 5.74) is 2.25. The van der Waals surface area contributed by atoms with Gasteiger partial charge >= 0.3 is 0 Å². The van der Waals surface area contributed by atoms with Gasteiger partial charge in [-0.15, -0.1) is 0 Å². The lowest BCUT2D eigenvalue weighted by atomic mass is 10.1. The summed E-state index contributed by atoms with van der Waals surface area (Å²) in [6.45, 7) is 4.09. The number of aryl methyl sites for hydroxylation is 1. The highest BCUT2D eigenvalue weighted by Gasteiger charge is 2.28. The van der Waals surface area contributed by atoms with E-state index in [9.17, 15) is 18.0 Å². The van der Waals surface area contributed by atoms with Crippen molar-refractivity contribution in [1.82, 2.24) is 10.2 Å². The van der Waals surface area contributed by atoms with Crippen molar-refractivity contribution in [2.75, 3.05) is 24.2 Å². The zero-order valence-corrected chi connectivity index (χ0v) is 21.1. The van der Waals surface area contributed by atoms with Gasteiger partial charge in [0.05, 0.1) is 11.9 Å². The molecular weight excluding hydrogens is 462 g/mol. The SMILES string of the molecule is CC[C@@H](C(=O)NC)N(Cc1ccccc1Cl)C(=O)CCCN(c1cccc(C)c1)S(C)(=O)=O. The van der Waals surface area contributed by atoms with E-state index in [1.54, 1.807) is 30.3 Å². The van der Waals surface area contributed by atoms with Gasteiger partial charge in [-0.2, -0.15) is 0 Å². The van der Waals surface area contributed by atoms with E-state index in [-0.39, 0.29) is 31.3 Å². The van der Waals surface area contributed by atoms with Gasteiger partial charge in [-0.25, -0.2) is 8.42 Å². The molecule has 2 aromatic rings. The third kappa shape index (κ3) is 7.47. The minimum absolute atomic E-state index is 0.0930. The number of amides is 2. The van der Waals surface area contributed by atoms with E-state index in [2.05, 4.69) is 5.32 Å². The Morgan fingerprint density at radius 1 is 1.12 bits per heavy atom. The molecule has 0 heterocycles. The van der Waals surface area contributed by atoms with E-state index < -0.39 is 16.1 Å². The van der Waals surface area contributed by atoms with Gasteiger partial charge < -0.3 is 10.2 Å². The third-order valence-electron chi connectivity index (χ3n) is 5.37. The number of hydrogen-bond donors (Lipinski definition) is 1. The Kier molecular flexibility index (Phi) is 9.73. The molecule has 7 nitrogen and oxygen atoms in total. The molecular formula is C24H32ClN3O4S. The molecule has 0 unspecified atom stereocenters. The van der Waals surface area contributed by atoms with E-state index >= 15 is 0 Å². The topological polar surface area (TPSA) is 86.8 Å². The molecule has 9 heteroatoms. The van der Waals surface area contributed by atoms with Gasteiger partial charge in [0, 0.05) is 31.6 Å². The van der Waals surface area contributed by atoms with Crippen molar-refractivity contribution in [2.24, 2.45) is 0 Å². The van der Waals surface area contributed by atoms with Gasteiger partial charge in [0.15, 0.2) is 0 Å². The number of likely N-dealkylation sites (N-methyl/N-ethyl adjacent to an activating group) is 1. The van der Waals surface area contributed by atoms with Crippen LogP contribution in [-0.2, 0) is 26.2 Å². The number of benzene rings is 2. The highest BCUT2D eigenvalue weighted by atomic mass is 35.5. The highest BCUT2D eigenvalue weighted by molar-refractivity contribution is 7.92. The van der Waals surface area contributed by atoms with Crippen LogP contribution in [-0.4, -0.2) is 51.0 Å². The summed E-state index contributed by atoms with van der Waals surface area (Å²) in [6.07, 6.45) is 1.99. The van der Waals surface area contributed by atoms with Crippen molar-refractivity contribution in [2.45, 2.75) is 45.7 Å². The second kappa shape index (κ2) is 12.0. The first-order valence-corrected chi connectivity index (χ1v) is 13.1. The molecule has 2 rings (SSSR count). The van der Waals surface area contributed by atoms with Crippen LogP contribution in [0.2, 0.25) is 5.02 Å². The van der Waals surface area contributed by atoms with Crippen molar-refractivity contribution >= 4 is 39.1 Å².